The van der Waals surface area contributed by atoms with Crippen molar-refractivity contribution in [2.24, 2.45) is 5.92 Å². The van der Waals surface area contributed by atoms with Crippen molar-refractivity contribution in [3.05, 3.63) is 77.8 Å². The number of hydrogen-bond donors (Lipinski definition) is 3. The van der Waals surface area contributed by atoms with Gasteiger partial charge in [0.05, 0.1) is 22.2 Å². The van der Waals surface area contributed by atoms with Gasteiger partial charge in [0.1, 0.15) is 24.5 Å². The summed E-state index contributed by atoms with van der Waals surface area (Å²) in [5.74, 6) is 1.18. The lowest BCUT2D eigenvalue weighted by Gasteiger charge is -2.22. The summed E-state index contributed by atoms with van der Waals surface area (Å²) in [4.78, 5) is 25.7. The molecular weight excluding hydrogens is 464 g/mol. The molecule has 1 amide bonds. The number of benzene rings is 2. The fourth-order valence-corrected chi connectivity index (χ4v) is 4.26. The maximum absolute atomic E-state index is 12.7. The fourth-order valence-electron chi connectivity index (χ4n) is 4.02. The number of ether oxygens (including phenoxy) is 1. The topological polar surface area (TPSA) is 101 Å². The van der Waals surface area contributed by atoms with Crippen LogP contribution in [-0.2, 0) is 11.4 Å². The largest absolute Gasteiger partial charge is 0.486 e. The fraction of sp³-hybridized carbons (Fsp3) is 0.231. The molecule has 4 aromatic rings. The van der Waals surface area contributed by atoms with Crippen molar-refractivity contribution in [2.45, 2.75) is 19.4 Å². The summed E-state index contributed by atoms with van der Waals surface area (Å²) in [6.07, 6.45) is 5.13. The predicted molar refractivity (Wildman–Crippen MR) is 137 cm³/mol. The summed E-state index contributed by atoms with van der Waals surface area (Å²) >= 11 is 6.47. The summed E-state index contributed by atoms with van der Waals surface area (Å²) in [6.45, 7) is 2.00. The summed E-state index contributed by atoms with van der Waals surface area (Å²) in [6, 6.07) is 16.7. The van der Waals surface area contributed by atoms with E-state index in [0.717, 1.165) is 41.7 Å². The van der Waals surface area contributed by atoms with E-state index in [2.05, 4.69) is 30.9 Å². The number of anilines is 3. The van der Waals surface area contributed by atoms with Gasteiger partial charge in [-0.25, -0.2) is 9.97 Å². The lowest BCUT2D eigenvalue weighted by Crippen LogP contribution is -2.37. The Hall–Kier alpha value is -3.75. The smallest absolute Gasteiger partial charge is 0.228 e. The van der Waals surface area contributed by atoms with Crippen molar-refractivity contribution in [1.29, 1.82) is 0 Å². The molecule has 0 spiro atoms. The minimum Gasteiger partial charge on any atom is -0.486 e. The van der Waals surface area contributed by atoms with E-state index in [1.54, 1.807) is 18.3 Å². The summed E-state index contributed by atoms with van der Waals surface area (Å²) in [5.41, 5.74) is 3.05. The molecule has 1 fully saturated rings. The Balaban J connectivity index is 1.31. The molecule has 2 aromatic heterocycles. The number of carbonyl (C=O) groups is 1. The first-order valence-corrected chi connectivity index (χ1v) is 11.9. The highest BCUT2D eigenvalue weighted by atomic mass is 35.5. The van der Waals surface area contributed by atoms with E-state index in [1.807, 2.05) is 42.5 Å². The quantitative estimate of drug-likeness (QED) is 0.338. The molecule has 8 nitrogen and oxygen atoms in total. The van der Waals surface area contributed by atoms with Crippen LogP contribution in [0.4, 0.5) is 17.2 Å². The van der Waals surface area contributed by atoms with Crippen molar-refractivity contribution in [3.8, 4) is 5.75 Å². The van der Waals surface area contributed by atoms with Crippen LogP contribution in [0.1, 0.15) is 18.5 Å². The monoisotopic (exact) mass is 488 g/mol. The number of pyridine rings is 1. The molecule has 1 saturated heterocycles. The summed E-state index contributed by atoms with van der Waals surface area (Å²) in [7, 11) is 0. The molecule has 9 heteroatoms. The van der Waals surface area contributed by atoms with Gasteiger partial charge in [-0.1, -0.05) is 17.7 Å². The van der Waals surface area contributed by atoms with Crippen LogP contribution in [0.25, 0.3) is 10.9 Å². The van der Waals surface area contributed by atoms with Gasteiger partial charge in [0, 0.05) is 29.5 Å². The van der Waals surface area contributed by atoms with E-state index in [9.17, 15) is 4.79 Å². The van der Waals surface area contributed by atoms with Crippen LogP contribution in [0.3, 0.4) is 0 Å². The standard InChI is InChI=1S/C26H25ClN6O2/c27-22-13-19(7-9-24(22)35-15-20-5-1-2-11-29-20)32-25-21-12-18(6-8-23(21)30-16-31-25)33-26(34)17-4-3-10-28-14-17/h1-2,5-9,11-13,16-17,28H,3-4,10,14-15H2,(H,33,34)(H,30,31,32)/t17-/m0/s1. The van der Waals surface area contributed by atoms with E-state index in [-0.39, 0.29) is 11.8 Å². The molecule has 3 heterocycles. The molecule has 3 N–H and O–H groups in total. The number of piperidine rings is 1. The Morgan fingerprint density at radius 3 is 2.80 bits per heavy atom. The van der Waals surface area contributed by atoms with E-state index in [1.165, 1.54) is 6.33 Å². The number of halogens is 1. The lowest BCUT2D eigenvalue weighted by molar-refractivity contribution is -0.120. The van der Waals surface area contributed by atoms with Crippen LogP contribution in [0.5, 0.6) is 5.75 Å². The molecule has 0 aliphatic carbocycles. The first-order chi connectivity index (χ1) is 17.2. The maximum atomic E-state index is 12.7. The second kappa shape index (κ2) is 10.7. The van der Waals surface area contributed by atoms with Gasteiger partial charge in [-0.3, -0.25) is 9.78 Å². The summed E-state index contributed by atoms with van der Waals surface area (Å²) < 4.78 is 5.81. The molecule has 0 saturated carbocycles. The molecule has 0 unspecified atom stereocenters. The lowest BCUT2D eigenvalue weighted by atomic mass is 9.99. The van der Waals surface area contributed by atoms with Crippen molar-refractivity contribution in [3.63, 3.8) is 0 Å². The number of aromatic nitrogens is 3. The van der Waals surface area contributed by atoms with Crippen LogP contribution in [0.2, 0.25) is 5.02 Å². The Morgan fingerprint density at radius 1 is 1.09 bits per heavy atom. The van der Waals surface area contributed by atoms with E-state index < -0.39 is 0 Å². The van der Waals surface area contributed by atoms with Gasteiger partial charge >= 0.3 is 0 Å². The predicted octanol–water partition coefficient (Wildman–Crippen LogP) is 4.94. The third-order valence-electron chi connectivity index (χ3n) is 5.87. The molecular formula is C26H25ClN6O2. The molecule has 0 radical (unpaired) electrons. The number of rotatable bonds is 7. The van der Waals surface area contributed by atoms with Crippen molar-refractivity contribution >= 4 is 45.6 Å². The van der Waals surface area contributed by atoms with E-state index >= 15 is 0 Å². The van der Waals surface area contributed by atoms with Gasteiger partial charge < -0.3 is 20.7 Å². The second-order valence-electron chi connectivity index (χ2n) is 8.37. The SMILES string of the molecule is O=C(Nc1ccc2ncnc(Nc3ccc(OCc4ccccn4)c(Cl)c3)c2c1)[C@H]1CCCNC1. The number of hydrogen-bond acceptors (Lipinski definition) is 7. The Bertz CT molecular complexity index is 1330. The molecule has 1 aliphatic heterocycles. The van der Waals surface area contributed by atoms with Gasteiger partial charge in [0.25, 0.3) is 0 Å². The highest BCUT2D eigenvalue weighted by molar-refractivity contribution is 6.32. The molecule has 0 bridgehead atoms. The van der Waals surface area contributed by atoms with Gasteiger partial charge in [0.15, 0.2) is 0 Å². The van der Waals surface area contributed by atoms with Crippen molar-refractivity contribution < 1.29 is 9.53 Å². The van der Waals surface area contributed by atoms with Crippen LogP contribution in [0, 0.1) is 5.92 Å². The minimum absolute atomic E-state index is 0.0235. The summed E-state index contributed by atoms with van der Waals surface area (Å²) in [5, 5.41) is 10.9. The molecule has 2 aromatic carbocycles. The second-order valence-corrected chi connectivity index (χ2v) is 8.77. The third-order valence-corrected chi connectivity index (χ3v) is 6.16. The first kappa shape index (κ1) is 23.0. The van der Waals surface area contributed by atoms with Crippen molar-refractivity contribution in [1.82, 2.24) is 20.3 Å². The number of nitrogens with one attached hydrogen (secondary N) is 3. The minimum atomic E-state index is -0.0235. The number of fused-ring (bicyclic) bond motifs is 1. The zero-order valence-corrected chi connectivity index (χ0v) is 19.8. The zero-order valence-electron chi connectivity index (χ0n) is 19.0. The van der Waals surface area contributed by atoms with Crippen LogP contribution < -0.4 is 20.7 Å². The molecule has 35 heavy (non-hydrogen) atoms. The zero-order chi connectivity index (χ0) is 24.0. The highest BCUT2D eigenvalue weighted by Gasteiger charge is 2.21. The number of nitrogens with zero attached hydrogens (tertiary/aromatic N) is 3. The molecule has 178 valence electrons. The Labute approximate surface area is 208 Å². The highest BCUT2D eigenvalue weighted by Crippen LogP contribution is 2.31. The van der Waals surface area contributed by atoms with Gasteiger partial charge in [-0.15, -0.1) is 0 Å². The third kappa shape index (κ3) is 5.67. The van der Waals surface area contributed by atoms with Crippen LogP contribution >= 0.6 is 11.6 Å². The first-order valence-electron chi connectivity index (χ1n) is 11.5. The average Bonchev–Trinajstić information content (AvgIpc) is 2.90. The average molecular weight is 489 g/mol. The normalized spacial score (nSPS) is 15.5. The Morgan fingerprint density at radius 2 is 2.00 bits per heavy atom. The van der Waals surface area contributed by atoms with Gasteiger partial charge in [-0.2, -0.15) is 0 Å². The van der Waals surface area contributed by atoms with E-state index in [4.69, 9.17) is 16.3 Å². The van der Waals surface area contributed by atoms with Crippen LogP contribution in [0.15, 0.2) is 67.1 Å². The van der Waals surface area contributed by atoms with E-state index in [0.29, 0.717) is 35.4 Å². The van der Waals surface area contributed by atoms with Crippen molar-refractivity contribution in [2.75, 3.05) is 23.7 Å². The molecule has 1 aliphatic rings. The molecule has 1 atom stereocenters. The van der Waals surface area contributed by atoms with Gasteiger partial charge in [-0.05, 0) is 67.9 Å². The Kier molecular flexibility index (Phi) is 7.02. The number of amides is 1. The number of carbonyl (C=O) groups excluding carboxylic acids is 1. The maximum Gasteiger partial charge on any atom is 0.228 e. The van der Waals surface area contributed by atoms with Gasteiger partial charge in [0.2, 0.25) is 5.91 Å². The van der Waals surface area contributed by atoms with Crippen LogP contribution in [-0.4, -0.2) is 33.9 Å². The molecule has 5 rings (SSSR count).